The summed E-state index contributed by atoms with van der Waals surface area (Å²) in [6, 6.07) is 7.10. The third-order valence-electron chi connectivity index (χ3n) is 6.85. The van der Waals surface area contributed by atoms with Crippen molar-refractivity contribution in [3.63, 3.8) is 0 Å². The summed E-state index contributed by atoms with van der Waals surface area (Å²) in [4.78, 5) is 15.6. The van der Waals surface area contributed by atoms with E-state index in [2.05, 4.69) is 15.3 Å². The zero-order chi connectivity index (χ0) is 25.7. The quantitative estimate of drug-likeness (QED) is 0.391. The number of rotatable bonds is 4. The standard InChI is InChI=1S/C25H25F4N7O/c1-14-24(32-19-10-15(25(27,28)29)2-3-18(19)30-14)20-11-22-33-21(35-7-4-16(26)13-35)12-23(36(22)34-20)31-17-5-8-37-9-6-17/h2-3,10-12,16-17,31H,4-9,13H2,1H3/t16-/m1/s1. The molecule has 0 saturated carbocycles. The van der Waals surface area contributed by atoms with Crippen molar-refractivity contribution in [1.82, 2.24) is 24.6 Å². The molecule has 0 bridgehead atoms. The first-order chi connectivity index (χ1) is 17.7. The van der Waals surface area contributed by atoms with E-state index in [-0.39, 0.29) is 18.1 Å². The number of ether oxygens (including phenoxy) is 1. The van der Waals surface area contributed by atoms with E-state index in [0.29, 0.717) is 66.1 Å². The van der Waals surface area contributed by atoms with Gasteiger partial charge in [0.05, 0.1) is 28.8 Å². The van der Waals surface area contributed by atoms with E-state index in [1.165, 1.54) is 6.07 Å². The summed E-state index contributed by atoms with van der Waals surface area (Å²) < 4.78 is 60.9. The van der Waals surface area contributed by atoms with Crippen LogP contribution in [0.25, 0.3) is 28.1 Å². The second-order valence-electron chi connectivity index (χ2n) is 9.52. The summed E-state index contributed by atoms with van der Waals surface area (Å²) in [5, 5.41) is 8.24. The fraction of sp³-hybridized carbons (Fsp3) is 0.440. The van der Waals surface area contributed by atoms with Gasteiger partial charge in [0.1, 0.15) is 29.2 Å². The Labute approximate surface area is 209 Å². The maximum atomic E-state index is 13.9. The number of benzene rings is 1. The van der Waals surface area contributed by atoms with Crippen molar-refractivity contribution in [3.05, 3.63) is 41.6 Å². The van der Waals surface area contributed by atoms with Gasteiger partial charge in [0.25, 0.3) is 0 Å². The van der Waals surface area contributed by atoms with Gasteiger partial charge in [-0.25, -0.2) is 19.3 Å². The Morgan fingerprint density at radius 1 is 1.00 bits per heavy atom. The SMILES string of the molecule is Cc1nc2ccc(C(F)(F)F)cc2nc1-c1cc2nc(N3CC[C@@H](F)C3)cc(NC3CCOCC3)n2n1. The van der Waals surface area contributed by atoms with Crippen LogP contribution < -0.4 is 10.2 Å². The Kier molecular flexibility index (Phi) is 5.85. The molecular formula is C25H25F4N7O. The molecule has 1 N–H and O–H groups in total. The number of halogens is 4. The maximum absolute atomic E-state index is 13.9. The maximum Gasteiger partial charge on any atom is 0.416 e. The Morgan fingerprint density at radius 3 is 2.54 bits per heavy atom. The summed E-state index contributed by atoms with van der Waals surface area (Å²) >= 11 is 0. The molecule has 37 heavy (non-hydrogen) atoms. The van der Waals surface area contributed by atoms with Crippen LogP contribution in [0.15, 0.2) is 30.3 Å². The molecule has 4 aromatic rings. The van der Waals surface area contributed by atoms with Crippen LogP contribution in [0.5, 0.6) is 0 Å². The van der Waals surface area contributed by atoms with Gasteiger partial charge in [0, 0.05) is 37.9 Å². The van der Waals surface area contributed by atoms with E-state index in [1.54, 1.807) is 17.5 Å². The normalized spacial score (nSPS) is 19.3. The van der Waals surface area contributed by atoms with Crippen molar-refractivity contribution in [3.8, 4) is 11.4 Å². The van der Waals surface area contributed by atoms with Crippen LogP contribution in [-0.2, 0) is 10.9 Å². The van der Waals surface area contributed by atoms with Crippen LogP contribution in [0, 0.1) is 6.92 Å². The van der Waals surface area contributed by atoms with Gasteiger partial charge in [-0.15, -0.1) is 0 Å². The van der Waals surface area contributed by atoms with Crippen LogP contribution in [0.4, 0.5) is 29.2 Å². The van der Waals surface area contributed by atoms with Crippen molar-refractivity contribution in [2.75, 3.05) is 36.5 Å². The molecule has 3 aromatic heterocycles. The van der Waals surface area contributed by atoms with Gasteiger partial charge >= 0.3 is 6.18 Å². The number of aryl methyl sites for hydroxylation is 1. The number of anilines is 2. The zero-order valence-corrected chi connectivity index (χ0v) is 20.1. The van der Waals surface area contributed by atoms with Gasteiger partial charge in [-0.2, -0.15) is 22.8 Å². The predicted molar refractivity (Wildman–Crippen MR) is 130 cm³/mol. The molecule has 6 rings (SSSR count). The number of alkyl halides is 4. The molecule has 0 amide bonds. The first-order valence-corrected chi connectivity index (χ1v) is 12.2. The summed E-state index contributed by atoms with van der Waals surface area (Å²) in [6.07, 6.45) is -3.27. The Hall–Kier alpha value is -3.54. The van der Waals surface area contributed by atoms with Crippen molar-refractivity contribution in [2.24, 2.45) is 0 Å². The van der Waals surface area contributed by atoms with Crippen LogP contribution in [0.1, 0.15) is 30.5 Å². The number of nitrogens with zero attached hydrogens (tertiary/aromatic N) is 6. The number of hydrogen-bond acceptors (Lipinski definition) is 7. The summed E-state index contributed by atoms with van der Waals surface area (Å²) in [6.45, 7) is 3.90. The molecule has 2 saturated heterocycles. The highest BCUT2D eigenvalue weighted by Crippen LogP contribution is 2.32. The monoisotopic (exact) mass is 515 g/mol. The molecule has 194 valence electrons. The molecule has 0 unspecified atom stereocenters. The van der Waals surface area contributed by atoms with Gasteiger partial charge in [-0.3, -0.25) is 0 Å². The van der Waals surface area contributed by atoms with Gasteiger partial charge in [-0.1, -0.05) is 0 Å². The molecule has 1 atom stereocenters. The fourth-order valence-corrected chi connectivity index (χ4v) is 4.88. The largest absolute Gasteiger partial charge is 0.416 e. The van der Waals surface area contributed by atoms with Crippen molar-refractivity contribution >= 4 is 28.3 Å². The molecule has 1 aromatic carbocycles. The average Bonchev–Trinajstić information content (AvgIpc) is 3.50. The third-order valence-corrected chi connectivity index (χ3v) is 6.85. The zero-order valence-electron chi connectivity index (χ0n) is 20.1. The first kappa shape index (κ1) is 23.8. The van der Waals surface area contributed by atoms with Crippen molar-refractivity contribution < 1.29 is 22.3 Å². The summed E-state index contributed by atoms with van der Waals surface area (Å²) in [5.41, 5.74) is 1.59. The predicted octanol–water partition coefficient (Wildman–Crippen LogP) is 4.81. The number of hydrogen-bond donors (Lipinski definition) is 1. The summed E-state index contributed by atoms with van der Waals surface area (Å²) in [5.74, 6) is 1.34. The second-order valence-corrected chi connectivity index (χ2v) is 9.52. The minimum Gasteiger partial charge on any atom is -0.381 e. The van der Waals surface area contributed by atoms with E-state index in [0.717, 1.165) is 25.0 Å². The molecule has 0 radical (unpaired) electrons. The molecule has 5 heterocycles. The number of fused-ring (bicyclic) bond motifs is 2. The van der Waals surface area contributed by atoms with E-state index in [1.807, 2.05) is 11.0 Å². The van der Waals surface area contributed by atoms with Gasteiger partial charge in [-0.05, 0) is 44.4 Å². The highest BCUT2D eigenvalue weighted by molar-refractivity contribution is 5.79. The van der Waals surface area contributed by atoms with Crippen molar-refractivity contribution in [2.45, 2.75) is 44.6 Å². The molecule has 0 aliphatic carbocycles. The second kappa shape index (κ2) is 9.09. The summed E-state index contributed by atoms with van der Waals surface area (Å²) in [7, 11) is 0. The minimum atomic E-state index is -4.48. The smallest absolute Gasteiger partial charge is 0.381 e. The molecule has 0 spiro atoms. The Bertz CT molecular complexity index is 1470. The number of nitrogens with one attached hydrogen (secondary N) is 1. The first-order valence-electron chi connectivity index (χ1n) is 12.2. The highest BCUT2D eigenvalue weighted by Gasteiger charge is 2.31. The molecular weight excluding hydrogens is 490 g/mol. The Morgan fingerprint density at radius 2 is 1.81 bits per heavy atom. The highest BCUT2D eigenvalue weighted by atomic mass is 19.4. The molecule has 2 fully saturated rings. The van der Waals surface area contributed by atoms with E-state index in [9.17, 15) is 17.6 Å². The van der Waals surface area contributed by atoms with E-state index in [4.69, 9.17) is 14.8 Å². The third kappa shape index (κ3) is 4.65. The van der Waals surface area contributed by atoms with Gasteiger partial charge < -0.3 is 15.0 Å². The molecule has 12 heteroatoms. The Balaban J connectivity index is 1.45. The lowest BCUT2D eigenvalue weighted by Gasteiger charge is -2.25. The van der Waals surface area contributed by atoms with Crippen molar-refractivity contribution in [1.29, 1.82) is 0 Å². The van der Waals surface area contributed by atoms with Crippen LogP contribution in [0.3, 0.4) is 0 Å². The minimum absolute atomic E-state index is 0.132. The lowest BCUT2D eigenvalue weighted by atomic mass is 10.1. The topological polar surface area (TPSA) is 80.5 Å². The van der Waals surface area contributed by atoms with Gasteiger partial charge in [0.2, 0.25) is 0 Å². The van der Waals surface area contributed by atoms with Crippen LogP contribution in [0.2, 0.25) is 0 Å². The average molecular weight is 516 g/mol. The van der Waals surface area contributed by atoms with E-state index < -0.39 is 17.9 Å². The number of aromatic nitrogens is 5. The molecule has 8 nitrogen and oxygen atoms in total. The van der Waals surface area contributed by atoms with Gasteiger partial charge in [0.15, 0.2) is 5.65 Å². The van der Waals surface area contributed by atoms with Crippen LogP contribution >= 0.6 is 0 Å². The molecule has 2 aliphatic heterocycles. The molecule has 2 aliphatic rings. The van der Waals surface area contributed by atoms with E-state index >= 15 is 0 Å². The lowest BCUT2D eigenvalue weighted by Crippen LogP contribution is -2.29. The fourth-order valence-electron chi connectivity index (χ4n) is 4.88. The van der Waals surface area contributed by atoms with Crippen LogP contribution in [-0.4, -0.2) is 63.1 Å². The lowest BCUT2D eigenvalue weighted by molar-refractivity contribution is -0.137.